The van der Waals surface area contributed by atoms with E-state index in [2.05, 4.69) is 9.95 Å². The molecule has 1 aromatic rings. The van der Waals surface area contributed by atoms with Crippen LogP contribution in [0.5, 0.6) is 0 Å². The van der Waals surface area contributed by atoms with E-state index in [0.29, 0.717) is 11.0 Å². The van der Waals surface area contributed by atoms with Gasteiger partial charge in [-0.15, -0.1) is 0 Å². The fraction of sp³-hybridized carbons (Fsp3) is 0.286. The van der Waals surface area contributed by atoms with Crippen LogP contribution in [-0.2, 0) is 11.0 Å². The maximum absolute atomic E-state index is 13.0. The molecule has 2 aliphatic rings. The van der Waals surface area contributed by atoms with Crippen molar-refractivity contribution in [3.05, 3.63) is 35.2 Å². The summed E-state index contributed by atoms with van der Waals surface area (Å²) in [7, 11) is 0. The Kier molecular flexibility index (Phi) is 2.97. The van der Waals surface area contributed by atoms with Crippen LogP contribution in [0.3, 0.4) is 0 Å². The summed E-state index contributed by atoms with van der Waals surface area (Å²) in [6.07, 6.45) is -3.16. The predicted octanol–water partition coefficient (Wildman–Crippen LogP) is 3.17. The van der Waals surface area contributed by atoms with Crippen LogP contribution in [0.25, 0.3) is 4.85 Å². The topological polar surface area (TPSA) is 57.3 Å². The highest BCUT2D eigenvalue weighted by molar-refractivity contribution is 6.24. The number of benzene rings is 1. The third kappa shape index (κ3) is 1.98. The predicted molar refractivity (Wildman–Crippen MR) is 73.9 cm³/mol. The molecule has 0 N–H and O–H groups in total. The van der Waals surface area contributed by atoms with Crippen LogP contribution < -0.4 is 4.90 Å². The summed E-state index contributed by atoms with van der Waals surface area (Å²) in [5, 5.41) is 4.77. The number of carbonyl (C=O) groups excluding carboxylic acids is 2. The number of nitrogens with zero attached hydrogens (tertiary/aromatic N) is 4. The molecule has 9 heteroatoms. The molecule has 23 heavy (non-hydrogen) atoms. The van der Waals surface area contributed by atoms with E-state index in [-0.39, 0.29) is 12.1 Å². The van der Waals surface area contributed by atoms with Gasteiger partial charge in [0, 0.05) is 12.6 Å². The fourth-order valence-electron chi connectivity index (χ4n) is 2.59. The number of halogens is 3. The molecular formula is C14H9F3N4O2. The molecule has 1 aromatic carbocycles. The van der Waals surface area contributed by atoms with Gasteiger partial charge in [0.25, 0.3) is 5.91 Å². The molecule has 1 atom stereocenters. The second-order valence-corrected chi connectivity index (χ2v) is 5.32. The van der Waals surface area contributed by atoms with Crippen LogP contribution in [-0.4, -0.2) is 28.7 Å². The number of alkyl halides is 3. The molecule has 2 aliphatic heterocycles. The van der Waals surface area contributed by atoms with Crippen molar-refractivity contribution in [2.24, 2.45) is 5.10 Å². The molecule has 6 nitrogen and oxygen atoms in total. The van der Waals surface area contributed by atoms with Crippen LogP contribution in [0.1, 0.15) is 18.9 Å². The first-order valence-corrected chi connectivity index (χ1v) is 6.50. The molecule has 1 saturated heterocycles. The van der Waals surface area contributed by atoms with Crippen molar-refractivity contribution in [3.8, 4) is 0 Å². The number of imide groups is 1. The van der Waals surface area contributed by atoms with E-state index >= 15 is 0 Å². The Morgan fingerprint density at radius 1 is 1.35 bits per heavy atom. The molecule has 3 amide bonds. The van der Waals surface area contributed by atoms with Crippen LogP contribution in [0.15, 0.2) is 23.3 Å². The number of carbonyl (C=O) groups is 2. The molecule has 1 unspecified atom stereocenters. The average molecular weight is 322 g/mol. The monoisotopic (exact) mass is 322 g/mol. The highest BCUT2D eigenvalue weighted by Gasteiger charge is 2.57. The zero-order valence-corrected chi connectivity index (χ0v) is 11.8. The van der Waals surface area contributed by atoms with E-state index in [4.69, 9.17) is 6.57 Å². The Balaban J connectivity index is 2.10. The van der Waals surface area contributed by atoms with E-state index in [1.54, 1.807) is 0 Å². The highest BCUT2D eigenvalue weighted by Crippen LogP contribution is 2.42. The molecule has 0 saturated carbocycles. The van der Waals surface area contributed by atoms with Gasteiger partial charge in [-0.25, -0.2) is 14.5 Å². The summed E-state index contributed by atoms with van der Waals surface area (Å²) in [6.45, 7) is 8.31. The van der Waals surface area contributed by atoms with E-state index in [0.717, 1.165) is 17.1 Å². The first-order valence-electron chi connectivity index (χ1n) is 6.50. The van der Waals surface area contributed by atoms with Gasteiger partial charge in [0.15, 0.2) is 5.69 Å². The molecule has 0 spiro atoms. The second-order valence-electron chi connectivity index (χ2n) is 5.32. The van der Waals surface area contributed by atoms with Crippen molar-refractivity contribution in [1.82, 2.24) is 5.01 Å². The molecule has 1 fully saturated rings. The number of urea groups is 1. The Hall–Kier alpha value is -2.89. The molecule has 0 aromatic heterocycles. The van der Waals surface area contributed by atoms with Gasteiger partial charge < -0.3 is 0 Å². The minimum absolute atomic E-state index is 0.195. The van der Waals surface area contributed by atoms with E-state index in [9.17, 15) is 22.8 Å². The van der Waals surface area contributed by atoms with Crippen molar-refractivity contribution in [2.45, 2.75) is 25.1 Å². The quantitative estimate of drug-likeness (QED) is 0.589. The number of rotatable bonds is 1. The Bertz CT molecular complexity index is 796. The first kappa shape index (κ1) is 15.0. The Morgan fingerprint density at radius 3 is 2.61 bits per heavy atom. The lowest BCUT2D eigenvalue weighted by Gasteiger charge is -2.19. The molecule has 118 valence electrons. The minimum Gasteiger partial charge on any atom is -0.271 e. The lowest BCUT2D eigenvalue weighted by Crippen LogP contribution is -2.41. The normalized spacial score (nSPS) is 23.4. The Morgan fingerprint density at radius 2 is 2.04 bits per heavy atom. The standard InChI is InChI=1S/C14H9F3N4O2/c1-13-5-6-19-21(13)12(23)20(11(13)22)8-3-4-10(18-2)9(7-8)14(15,16)17/h3-4,6-7H,5H2,1H3. The van der Waals surface area contributed by atoms with E-state index < -0.39 is 34.9 Å². The van der Waals surface area contributed by atoms with Crippen molar-refractivity contribution in [3.63, 3.8) is 0 Å². The SMILES string of the molecule is [C-]#[N+]c1ccc(N2C(=O)N3N=CCC3(C)C2=O)cc1C(F)(F)F. The van der Waals surface area contributed by atoms with Gasteiger partial charge in [0.2, 0.25) is 0 Å². The molecule has 0 bridgehead atoms. The third-order valence-corrected chi connectivity index (χ3v) is 3.85. The van der Waals surface area contributed by atoms with Crippen molar-refractivity contribution in [1.29, 1.82) is 0 Å². The third-order valence-electron chi connectivity index (χ3n) is 3.85. The fourth-order valence-corrected chi connectivity index (χ4v) is 2.59. The number of anilines is 1. The van der Waals surface area contributed by atoms with Gasteiger partial charge in [-0.2, -0.15) is 23.3 Å². The summed E-state index contributed by atoms with van der Waals surface area (Å²) in [5.41, 5.74) is -3.23. The first-order chi connectivity index (χ1) is 10.7. The summed E-state index contributed by atoms with van der Waals surface area (Å²) < 4.78 is 39.1. The number of amides is 3. The smallest absolute Gasteiger partial charge is 0.271 e. The Labute approximate surface area is 128 Å². The molecular weight excluding hydrogens is 313 g/mol. The van der Waals surface area contributed by atoms with Gasteiger partial charge in [-0.05, 0) is 19.1 Å². The maximum Gasteiger partial charge on any atom is 0.407 e. The highest BCUT2D eigenvalue weighted by atomic mass is 19.4. The molecule has 0 aliphatic carbocycles. The largest absolute Gasteiger partial charge is 0.407 e. The van der Waals surface area contributed by atoms with Crippen molar-refractivity contribution in [2.75, 3.05) is 4.90 Å². The van der Waals surface area contributed by atoms with Gasteiger partial charge in [0.1, 0.15) is 5.54 Å². The van der Waals surface area contributed by atoms with Gasteiger partial charge >= 0.3 is 12.2 Å². The number of hydrazone groups is 1. The summed E-state index contributed by atoms with van der Waals surface area (Å²) >= 11 is 0. The van der Waals surface area contributed by atoms with Crippen LogP contribution in [0.2, 0.25) is 0 Å². The van der Waals surface area contributed by atoms with Crippen molar-refractivity contribution >= 4 is 29.5 Å². The zero-order valence-electron chi connectivity index (χ0n) is 11.8. The summed E-state index contributed by atoms with van der Waals surface area (Å²) in [6, 6.07) is 1.92. The number of fused-ring (bicyclic) bond motifs is 1. The number of hydrogen-bond donors (Lipinski definition) is 0. The van der Waals surface area contributed by atoms with Gasteiger partial charge in [0.05, 0.1) is 17.8 Å². The lowest BCUT2D eigenvalue weighted by atomic mass is 9.99. The van der Waals surface area contributed by atoms with Crippen LogP contribution in [0.4, 0.5) is 29.3 Å². The summed E-state index contributed by atoms with van der Waals surface area (Å²) in [4.78, 5) is 28.3. The van der Waals surface area contributed by atoms with Crippen LogP contribution >= 0.6 is 0 Å². The maximum atomic E-state index is 13.0. The number of hydrogen-bond acceptors (Lipinski definition) is 3. The zero-order chi connectivity index (χ0) is 17.0. The summed E-state index contributed by atoms with van der Waals surface area (Å²) in [5.74, 6) is -0.649. The van der Waals surface area contributed by atoms with E-state index in [1.807, 2.05) is 0 Å². The molecule has 3 rings (SSSR count). The van der Waals surface area contributed by atoms with Gasteiger partial charge in [-0.3, -0.25) is 4.79 Å². The minimum atomic E-state index is -4.76. The molecule has 0 radical (unpaired) electrons. The van der Waals surface area contributed by atoms with E-state index in [1.165, 1.54) is 13.1 Å². The molecule has 2 heterocycles. The van der Waals surface area contributed by atoms with Gasteiger partial charge in [-0.1, -0.05) is 6.07 Å². The second kappa shape index (κ2) is 4.55. The van der Waals surface area contributed by atoms with Crippen molar-refractivity contribution < 1.29 is 22.8 Å². The lowest BCUT2D eigenvalue weighted by molar-refractivity contribution is -0.136. The van der Waals surface area contributed by atoms with Crippen LogP contribution in [0, 0.1) is 6.57 Å². The average Bonchev–Trinajstić information content (AvgIpc) is 2.96.